The highest BCUT2D eigenvalue weighted by Gasteiger charge is 2.04. The zero-order chi connectivity index (χ0) is 15.7. The highest BCUT2D eigenvalue weighted by Crippen LogP contribution is 2.27. The fourth-order valence-electron chi connectivity index (χ4n) is 2.17. The summed E-state index contributed by atoms with van der Waals surface area (Å²) >= 11 is 3.26. The highest BCUT2D eigenvalue weighted by atomic mass is 79.9. The molecule has 1 aromatic heterocycles. The maximum atomic E-state index is 11.4. The van der Waals surface area contributed by atoms with Crippen molar-refractivity contribution in [3.8, 4) is 5.75 Å². The first-order valence-corrected chi connectivity index (χ1v) is 7.40. The minimum Gasteiger partial charge on any atom is -0.506 e. The van der Waals surface area contributed by atoms with Crippen molar-refractivity contribution in [1.29, 1.82) is 0 Å². The number of fused-ring (bicyclic) bond motifs is 1. The Kier molecular flexibility index (Phi) is 3.81. The van der Waals surface area contributed by atoms with Crippen molar-refractivity contribution < 1.29 is 9.52 Å². The Morgan fingerprint density at radius 1 is 1.23 bits per heavy atom. The Balaban J connectivity index is 2.02. The molecule has 1 heterocycles. The Morgan fingerprint density at radius 3 is 2.86 bits per heavy atom. The predicted octanol–water partition coefficient (Wildman–Crippen LogP) is 4.32. The Hall–Kier alpha value is -2.40. The van der Waals surface area contributed by atoms with Gasteiger partial charge in [0.2, 0.25) is 0 Å². The lowest BCUT2D eigenvalue weighted by Crippen LogP contribution is -1.97. The molecule has 2 aromatic carbocycles. The largest absolute Gasteiger partial charge is 0.506 e. The molecule has 5 heteroatoms. The molecule has 0 bridgehead atoms. The van der Waals surface area contributed by atoms with Crippen LogP contribution in [0, 0.1) is 6.92 Å². The van der Waals surface area contributed by atoms with E-state index in [1.54, 1.807) is 24.4 Å². The van der Waals surface area contributed by atoms with Crippen molar-refractivity contribution in [3.63, 3.8) is 0 Å². The first kappa shape index (κ1) is 14.5. The average Bonchev–Trinajstić information content (AvgIpc) is 2.48. The maximum Gasteiger partial charge on any atom is 0.336 e. The summed E-state index contributed by atoms with van der Waals surface area (Å²) < 4.78 is 5.80. The minimum atomic E-state index is -0.379. The summed E-state index contributed by atoms with van der Waals surface area (Å²) in [5.74, 6) is 0.134. The molecule has 0 amide bonds. The van der Waals surface area contributed by atoms with Crippen molar-refractivity contribution in [2.75, 3.05) is 0 Å². The number of hydrogen-bond donors (Lipinski definition) is 1. The first-order chi connectivity index (χ1) is 10.5. The zero-order valence-corrected chi connectivity index (χ0v) is 13.3. The number of nitrogens with zero attached hydrogens (tertiary/aromatic N) is 1. The molecule has 0 saturated heterocycles. The number of phenols is 1. The molecule has 22 heavy (non-hydrogen) atoms. The molecule has 0 radical (unpaired) electrons. The number of aromatic hydroxyl groups is 1. The molecular weight excluding hydrogens is 346 g/mol. The second kappa shape index (κ2) is 5.77. The van der Waals surface area contributed by atoms with Gasteiger partial charge in [0.05, 0.1) is 10.2 Å². The summed E-state index contributed by atoms with van der Waals surface area (Å²) in [6.07, 6.45) is 1.56. The van der Waals surface area contributed by atoms with Gasteiger partial charge in [0.25, 0.3) is 0 Å². The highest BCUT2D eigenvalue weighted by molar-refractivity contribution is 9.10. The lowest BCUT2D eigenvalue weighted by atomic mass is 10.1. The molecule has 1 N–H and O–H groups in total. The molecule has 3 aromatic rings. The third-order valence-corrected chi connectivity index (χ3v) is 3.95. The van der Waals surface area contributed by atoms with Gasteiger partial charge in [-0.25, -0.2) is 4.79 Å². The van der Waals surface area contributed by atoms with Gasteiger partial charge in [-0.15, -0.1) is 0 Å². The molecule has 0 fully saturated rings. The second-order valence-electron chi connectivity index (χ2n) is 4.86. The van der Waals surface area contributed by atoms with Gasteiger partial charge in [0.1, 0.15) is 11.3 Å². The topological polar surface area (TPSA) is 62.8 Å². The second-order valence-corrected chi connectivity index (χ2v) is 5.72. The fourth-order valence-corrected chi connectivity index (χ4v) is 2.56. The maximum absolute atomic E-state index is 11.4. The first-order valence-electron chi connectivity index (χ1n) is 6.60. The van der Waals surface area contributed by atoms with E-state index in [0.29, 0.717) is 21.3 Å². The van der Waals surface area contributed by atoms with Crippen molar-refractivity contribution in [2.45, 2.75) is 6.92 Å². The fraction of sp³-hybridized carbons (Fsp3) is 0.0588. The number of benzene rings is 2. The summed E-state index contributed by atoms with van der Waals surface area (Å²) in [5, 5.41) is 10.8. The van der Waals surface area contributed by atoms with Gasteiger partial charge in [-0.05, 0) is 52.7 Å². The molecule has 3 rings (SSSR count). The summed E-state index contributed by atoms with van der Waals surface area (Å²) in [6.45, 7) is 1.86. The van der Waals surface area contributed by atoms with Gasteiger partial charge in [-0.1, -0.05) is 6.07 Å². The number of halogens is 1. The molecule has 0 spiro atoms. The van der Waals surface area contributed by atoms with Crippen LogP contribution in [0.5, 0.6) is 5.75 Å². The van der Waals surface area contributed by atoms with E-state index < -0.39 is 0 Å². The van der Waals surface area contributed by atoms with Gasteiger partial charge in [-0.2, -0.15) is 0 Å². The van der Waals surface area contributed by atoms with Crippen LogP contribution in [0.25, 0.3) is 11.0 Å². The Morgan fingerprint density at radius 2 is 2.05 bits per heavy atom. The van der Waals surface area contributed by atoms with Gasteiger partial charge in [-0.3, -0.25) is 4.99 Å². The van der Waals surface area contributed by atoms with Crippen LogP contribution in [0.4, 0.5) is 5.69 Å². The van der Waals surface area contributed by atoms with E-state index in [4.69, 9.17) is 4.42 Å². The molecule has 0 aliphatic rings. The van der Waals surface area contributed by atoms with Crippen LogP contribution in [0.15, 0.2) is 61.1 Å². The Bertz CT molecular complexity index is 944. The van der Waals surface area contributed by atoms with Gasteiger partial charge in [0, 0.05) is 29.3 Å². The van der Waals surface area contributed by atoms with E-state index in [1.807, 2.05) is 25.1 Å². The van der Waals surface area contributed by atoms with Crippen molar-refractivity contribution in [3.05, 3.63) is 68.5 Å². The number of aryl methyl sites for hydroxylation is 1. The quantitative estimate of drug-likeness (QED) is 0.548. The molecular formula is C17H12BrNO3. The third kappa shape index (κ3) is 2.80. The number of para-hydroxylation sites is 1. The lowest BCUT2D eigenvalue weighted by molar-refractivity contribution is 0.471. The van der Waals surface area contributed by atoms with E-state index in [2.05, 4.69) is 20.9 Å². The Labute approximate surface area is 134 Å². The SMILES string of the molecule is Cc1cc(=O)oc2cc(N=Cc3cccc(Br)c3O)ccc12. The molecule has 4 nitrogen and oxygen atoms in total. The van der Waals surface area contributed by atoms with Crippen molar-refractivity contribution >= 4 is 38.8 Å². The number of hydrogen-bond acceptors (Lipinski definition) is 4. The van der Waals surface area contributed by atoms with E-state index in [1.165, 1.54) is 6.07 Å². The standard InChI is InChI=1S/C17H12BrNO3/c1-10-7-16(20)22-15-8-12(5-6-13(10)15)19-9-11-3-2-4-14(18)17(11)21/h2-9,21H,1H3. The lowest BCUT2D eigenvalue weighted by Gasteiger charge is -2.02. The summed E-state index contributed by atoms with van der Waals surface area (Å²) in [7, 11) is 0. The van der Waals surface area contributed by atoms with Crippen LogP contribution < -0.4 is 5.63 Å². The summed E-state index contributed by atoms with van der Waals surface area (Å²) in [5.41, 5.74) is 2.22. The summed E-state index contributed by atoms with van der Waals surface area (Å²) in [4.78, 5) is 15.8. The van der Waals surface area contributed by atoms with Gasteiger partial charge >= 0.3 is 5.63 Å². The monoisotopic (exact) mass is 357 g/mol. The van der Waals surface area contributed by atoms with E-state index in [9.17, 15) is 9.90 Å². The predicted molar refractivity (Wildman–Crippen MR) is 90.3 cm³/mol. The number of phenolic OH excluding ortho intramolecular Hbond substituents is 1. The normalized spacial score (nSPS) is 11.4. The van der Waals surface area contributed by atoms with Gasteiger partial charge < -0.3 is 9.52 Å². The smallest absolute Gasteiger partial charge is 0.336 e. The van der Waals surface area contributed by atoms with Gasteiger partial charge in [0.15, 0.2) is 0 Å². The van der Waals surface area contributed by atoms with Crippen molar-refractivity contribution in [1.82, 2.24) is 0 Å². The molecule has 0 aliphatic heterocycles. The molecule has 0 aliphatic carbocycles. The van der Waals surface area contributed by atoms with Crippen LogP contribution in [-0.2, 0) is 0 Å². The van der Waals surface area contributed by atoms with E-state index in [-0.39, 0.29) is 11.4 Å². The number of rotatable bonds is 2. The van der Waals surface area contributed by atoms with E-state index in [0.717, 1.165) is 10.9 Å². The van der Waals surface area contributed by atoms with Crippen molar-refractivity contribution in [2.24, 2.45) is 4.99 Å². The molecule has 0 saturated carbocycles. The average molecular weight is 358 g/mol. The summed E-state index contributed by atoms with van der Waals surface area (Å²) in [6, 6.07) is 12.2. The third-order valence-electron chi connectivity index (χ3n) is 3.31. The molecule has 0 atom stereocenters. The van der Waals surface area contributed by atoms with Crippen LogP contribution in [0.3, 0.4) is 0 Å². The van der Waals surface area contributed by atoms with Crippen LogP contribution in [-0.4, -0.2) is 11.3 Å². The van der Waals surface area contributed by atoms with E-state index >= 15 is 0 Å². The molecule has 0 unspecified atom stereocenters. The minimum absolute atomic E-state index is 0.134. The van der Waals surface area contributed by atoms with Crippen LogP contribution in [0.1, 0.15) is 11.1 Å². The zero-order valence-electron chi connectivity index (χ0n) is 11.7. The van der Waals surface area contributed by atoms with Crippen LogP contribution in [0.2, 0.25) is 0 Å². The number of aliphatic imine (C=N–C) groups is 1. The van der Waals surface area contributed by atoms with Crippen LogP contribution >= 0.6 is 15.9 Å². The molecule has 110 valence electrons.